The van der Waals surface area contributed by atoms with Gasteiger partial charge in [-0.25, -0.2) is 17.1 Å². The topological polar surface area (TPSA) is 84.9 Å². The summed E-state index contributed by atoms with van der Waals surface area (Å²) in [6.45, 7) is 2.17. The number of carbonyl (C=O) groups is 1. The zero-order chi connectivity index (χ0) is 21.4. The van der Waals surface area contributed by atoms with Gasteiger partial charge in [0.15, 0.2) is 17.7 Å². The van der Waals surface area contributed by atoms with Gasteiger partial charge < -0.3 is 14.8 Å². The second kappa shape index (κ2) is 10.2. The average Bonchev–Trinajstić information content (AvgIpc) is 2.70. The van der Waals surface area contributed by atoms with Crippen molar-refractivity contribution in [1.82, 2.24) is 9.62 Å². The van der Waals surface area contributed by atoms with Gasteiger partial charge in [0.05, 0.1) is 11.4 Å². The van der Waals surface area contributed by atoms with Gasteiger partial charge in [0.2, 0.25) is 10.0 Å². The number of nitrogens with zero attached hydrogens (tertiary/aromatic N) is 1. The van der Waals surface area contributed by atoms with Crippen LogP contribution in [0.15, 0.2) is 53.4 Å². The van der Waals surface area contributed by atoms with E-state index in [1.54, 1.807) is 31.2 Å². The Bertz CT molecular complexity index is 917. The Morgan fingerprint density at radius 2 is 1.79 bits per heavy atom. The van der Waals surface area contributed by atoms with Crippen molar-refractivity contribution in [3.8, 4) is 11.5 Å². The molecule has 1 unspecified atom stereocenters. The zero-order valence-electron chi connectivity index (χ0n) is 16.6. The molecule has 1 atom stereocenters. The van der Waals surface area contributed by atoms with Gasteiger partial charge in [-0.3, -0.25) is 4.79 Å². The van der Waals surface area contributed by atoms with E-state index in [2.05, 4.69) is 5.32 Å². The van der Waals surface area contributed by atoms with Gasteiger partial charge in [-0.15, -0.1) is 0 Å². The van der Waals surface area contributed by atoms with Crippen molar-refractivity contribution >= 4 is 15.9 Å². The van der Waals surface area contributed by atoms with Crippen LogP contribution in [-0.2, 0) is 14.8 Å². The lowest BCUT2D eigenvalue weighted by atomic mass is 10.2. The van der Waals surface area contributed by atoms with Crippen LogP contribution in [0.1, 0.15) is 13.3 Å². The Morgan fingerprint density at radius 1 is 1.14 bits per heavy atom. The molecule has 0 aromatic heterocycles. The molecular formula is C20H25FN2O5S. The summed E-state index contributed by atoms with van der Waals surface area (Å²) in [6, 6.07) is 11.9. The van der Waals surface area contributed by atoms with E-state index in [9.17, 15) is 17.6 Å². The van der Waals surface area contributed by atoms with Crippen LogP contribution in [0, 0.1) is 5.82 Å². The summed E-state index contributed by atoms with van der Waals surface area (Å²) >= 11 is 0. The van der Waals surface area contributed by atoms with Crippen molar-refractivity contribution in [2.75, 3.05) is 27.2 Å². The van der Waals surface area contributed by atoms with Crippen molar-refractivity contribution in [2.45, 2.75) is 24.3 Å². The number of nitrogens with one attached hydrogen (secondary N) is 1. The molecule has 2 aromatic carbocycles. The van der Waals surface area contributed by atoms with Crippen LogP contribution in [0.3, 0.4) is 0 Å². The molecule has 0 fully saturated rings. The fourth-order valence-corrected chi connectivity index (χ4v) is 3.29. The number of rotatable bonds is 10. The van der Waals surface area contributed by atoms with Gasteiger partial charge >= 0.3 is 0 Å². The Morgan fingerprint density at radius 3 is 2.38 bits per heavy atom. The molecular weight excluding hydrogens is 399 g/mol. The van der Waals surface area contributed by atoms with E-state index in [-0.39, 0.29) is 29.7 Å². The summed E-state index contributed by atoms with van der Waals surface area (Å²) in [5.41, 5.74) is 0. The number of halogens is 1. The van der Waals surface area contributed by atoms with Gasteiger partial charge in [-0.05, 0) is 42.8 Å². The van der Waals surface area contributed by atoms with Crippen LogP contribution >= 0.6 is 0 Å². The molecule has 0 bridgehead atoms. The summed E-state index contributed by atoms with van der Waals surface area (Å²) in [5, 5.41) is 2.68. The highest BCUT2D eigenvalue weighted by atomic mass is 32.2. The average molecular weight is 424 g/mol. The number of carbonyl (C=O) groups excluding carboxylic acids is 1. The van der Waals surface area contributed by atoms with E-state index in [1.807, 2.05) is 0 Å². The van der Waals surface area contributed by atoms with Crippen molar-refractivity contribution < 1.29 is 27.1 Å². The summed E-state index contributed by atoms with van der Waals surface area (Å²) in [7, 11) is -0.571. The normalized spacial score (nSPS) is 12.4. The molecule has 1 N–H and O–H groups in total. The highest BCUT2D eigenvalue weighted by Crippen LogP contribution is 2.19. The minimum atomic E-state index is -3.49. The fraction of sp³-hybridized carbons (Fsp3) is 0.350. The summed E-state index contributed by atoms with van der Waals surface area (Å²) in [4.78, 5) is 12.4. The Balaban J connectivity index is 1.82. The van der Waals surface area contributed by atoms with Crippen LogP contribution in [0.5, 0.6) is 11.5 Å². The molecule has 0 heterocycles. The Hall–Kier alpha value is -2.65. The van der Waals surface area contributed by atoms with Gasteiger partial charge in [0.25, 0.3) is 5.91 Å². The van der Waals surface area contributed by atoms with E-state index in [0.29, 0.717) is 12.2 Å². The van der Waals surface area contributed by atoms with Crippen molar-refractivity contribution in [1.29, 1.82) is 0 Å². The monoisotopic (exact) mass is 424 g/mol. The molecule has 29 heavy (non-hydrogen) atoms. The third-order valence-corrected chi connectivity index (χ3v) is 5.87. The standard InChI is InChI=1S/C20H25FN2O5S/c1-4-18(28-19-8-6-5-7-17(19)21)20(24)22-13-14-27-15-9-11-16(12-10-15)29(25,26)23(2)3/h5-12,18H,4,13-14H2,1-3H3,(H,22,24). The highest BCUT2D eigenvalue weighted by Gasteiger charge is 2.19. The van der Waals surface area contributed by atoms with Crippen molar-refractivity contribution in [3.63, 3.8) is 0 Å². The van der Waals surface area contributed by atoms with Crippen LogP contribution < -0.4 is 14.8 Å². The molecule has 2 rings (SSSR count). The lowest BCUT2D eigenvalue weighted by Crippen LogP contribution is -2.39. The predicted octanol–water partition coefficient (Wildman–Crippen LogP) is 2.43. The fourth-order valence-electron chi connectivity index (χ4n) is 2.39. The molecule has 7 nitrogen and oxygen atoms in total. The quantitative estimate of drug-likeness (QED) is 0.592. The smallest absolute Gasteiger partial charge is 0.261 e. The molecule has 0 radical (unpaired) electrons. The van der Waals surface area contributed by atoms with Crippen molar-refractivity contribution in [2.24, 2.45) is 0 Å². The highest BCUT2D eigenvalue weighted by molar-refractivity contribution is 7.89. The molecule has 0 aliphatic carbocycles. The van der Waals surface area contributed by atoms with Gasteiger partial charge in [-0.1, -0.05) is 19.1 Å². The zero-order valence-corrected chi connectivity index (χ0v) is 17.4. The van der Waals surface area contributed by atoms with Crippen molar-refractivity contribution in [3.05, 3.63) is 54.3 Å². The lowest BCUT2D eigenvalue weighted by molar-refractivity contribution is -0.128. The second-order valence-corrected chi connectivity index (χ2v) is 8.50. The summed E-state index contributed by atoms with van der Waals surface area (Å²) < 4.78 is 49.8. The number of amides is 1. The van der Waals surface area contributed by atoms with E-state index in [0.717, 1.165) is 4.31 Å². The summed E-state index contributed by atoms with van der Waals surface area (Å²) in [6.07, 6.45) is -0.439. The maximum absolute atomic E-state index is 13.7. The molecule has 0 saturated heterocycles. The van der Waals surface area contributed by atoms with Gasteiger partial charge in [0, 0.05) is 14.1 Å². The molecule has 2 aromatic rings. The second-order valence-electron chi connectivity index (χ2n) is 6.34. The van der Waals surface area contributed by atoms with E-state index < -0.39 is 21.9 Å². The predicted molar refractivity (Wildman–Crippen MR) is 107 cm³/mol. The third kappa shape index (κ3) is 6.16. The van der Waals surface area contributed by atoms with Gasteiger partial charge in [-0.2, -0.15) is 0 Å². The van der Waals surface area contributed by atoms with E-state index >= 15 is 0 Å². The molecule has 1 amide bonds. The first-order valence-electron chi connectivity index (χ1n) is 9.10. The number of hydrogen-bond donors (Lipinski definition) is 1. The molecule has 158 valence electrons. The van der Waals surface area contributed by atoms with E-state index in [1.165, 1.54) is 38.4 Å². The number of ether oxygens (including phenoxy) is 2. The first-order chi connectivity index (χ1) is 13.8. The maximum atomic E-state index is 13.7. The minimum absolute atomic E-state index is 0.0264. The third-order valence-electron chi connectivity index (χ3n) is 4.04. The van der Waals surface area contributed by atoms with E-state index in [4.69, 9.17) is 9.47 Å². The van der Waals surface area contributed by atoms with Crippen LogP contribution in [0.25, 0.3) is 0 Å². The first kappa shape index (κ1) is 22.6. The van der Waals surface area contributed by atoms with Crippen LogP contribution in [0.2, 0.25) is 0 Å². The number of para-hydroxylation sites is 1. The minimum Gasteiger partial charge on any atom is -0.492 e. The van der Waals surface area contributed by atoms with Crippen LogP contribution in [0.4, 0.5) is 4.39 Å². The number of hydrogen-bond acceptors (Lipinski definition) is 5. The molecule has 0 spiro atoms. The first-order valence-corrected chi connectivity index (χ1v) is 10.5. The summed E-state index contributed by atoms with van der Waals surface area (Å²) in [5.74, 6) is -0.390. The SMILES string of the molecule is CCC(Oc1ccccc1F)C(=O)NCCOc1ccc(S(=O)(=O)N(C)C)cc1. The Labute approximate surface area is 170 Å². The molecule has 0 aliphatic rings. The molecule has 0 saturated carbocycles. The number of sulfonamides is 1. The lowest BCUT2D eigenvalue weighted by Gasteiger charge is -2.17. The largest absolute Gasteiger partial charge is 0.492 e. The maximum Gasteiger partial charge on any atom is 0.261 e. The Kier molecular flexibility index (Phi) is 7.98. The van der Waals surface area contributed by atoms with Gasteiger partial charge in [0.1, 0.15) is 12.4 Å². The molecule has 9 heteroatoms. The van der Waals surface area contributed by atoms with Crippen LogP contribution in [-0.4, -0.2) is 52.0 Å². The molecule has 0 aliphatic heterocycles. The number of benzene rings is 2.